The van der Waals surface area contributed by atoms with Crippen LogP contribution in [-0.2, 0) is 65.4 Å². The molecule has 0 aromatic rings. The molecule has 0 saturated heterocycles. The van der Waals surface area contributed by atoms with Crippen LogP contribution in [0.2, 0.25) is 0 Å². The summed E-state index contributed by atoms with van der Waals surface area (Å²) in [5, 5.41) is 10.6. The van der Waals surface area contributed by atoms with Crippen LogP contribution >= 0.6 is 15.6 Å². The van der Waals surface area contributed by atoms with E-state index in [1.165, 1.54) is 225 Å². The number of hydrogen-bond donors (Lipinski definition) is 3. The van der Waals surface area contributed by atoms with E-state index in [2.05, 4.69) is 55.4 Å². The van der Waals surface area contributed by atoms with Gasteiger partial charge in [0.2, 0.25) is 0 Å². The van der Waals surface area contributed by atoms with Gasteiger partial charge in [0.25, 0.3) is 0 Å². The number of aliphatic hydroxyl groups excluding tert-OH is 1. The molecule has 5 unspecified atom stereocenters. The standard InChI is InChI=1S/C83H162O17P2/c1-9-74(6)60-52-44-36-30-24-20-16-14-12-13-15-17-22-26-32-38-47-55-63-80(85)93-69-78(99-82(87)65-57-49-39-33-27-23-19-18-21-25-31-37-45-53-61-75(7)10-2)71-97-101(89,90)95-67-77(84)68-96-102(91,92)98-72-79(70-94-81(86)64-56-48-42-41-46-54-62-76(8)11-3)100-83(88)66-58-50-40-34-28-29-35-43-51-59-73(4)5/h73-79,84H,9-72H2,1-8H3,(H,89,90)(H,91,92)/t74?,75?,76?,77-,78-,79-/m1/s1. The van der Waals surface area contributed by atoms with Gasteiger partial charge < -0.3 is 33.8 Å². The highest BCUT2D eigenvalue weighted by atomic mass is 31.2. The minimum absolute atomic E-state index is 0.104. The first-order valence-corrected chi connectivity index (χ1v) is 45.8. The predicted molar refractivity (Wildman–Crippen MR) is 418 cm³/mol. The molecule has 0 aliphatic heterocycles. The Morgan fingerprint density at radius 1 is 0.275 bits per heavy atom. The van der Waals surface area contributed by atoms with Gasteiger partial charge in [-0.25, -0.2) is 9.13 Å². The summed E-state index contributed by atoms with van der Waals surface area (Å²) in [6, 6.07) is 0. The van der Waals surface area contributed by atoms with Gasteiger partial charge in [0.1, 0.15) is 19.3 Å². The van der Waals surface area contributed by atoms with Crippen molar-refractivity contribution in [2.45, 2.75) is 446 Å². The number of rotatable bonds is 80. The second-order valence-corrected chi connectivity index (χ2v) is 34.0. The zero-order chi connectivity index (χ0) is 75.3. The monoisotopic (exact) mass is 1490 g/mol. The van der Waals surface area contributed by atoms with Crippen LogP contribution in [0.3, 0.4) is 0 Å². The zero-order valence-corrected chi connectivity index (χ0v) is 69.0. The van der Waals surface area contributed by atoms with Gasteiger partial charge in [-0.1, -0.05) is 376 Å². The highest BCUT2D eigenvalue weighted by Gasteiger charge is 2.30. The van der Waals surface area contributed by atoms with Crippen LogP contribution in [0.15, 0.2) is 0 Å². The van der Waals surface area contributed by atoms with Gasteiger partial charge in [-0.3, -0.25) is 37.3 Å². The molecule has 606 valence electrons. The number of hydrogen-bond acceptors (Lipinski definition) is 15. The molecular formula is C83H162O17P2. The van der Waals surface area contributed by atoms with Crippen LogP contribution in [0.4, 0.5) is 0 Å². The number of esters is 4. The highest BCUT2D eigenvalue weighted by molar-refractivity contribution is 7.47. The van der Waals surface area contributed by atoms with E-state index >= 15 is 0 Å². The first-order valence-electron chi connectivity index (χ1n) is 42.8. The van der Waals surface area contributed by atoms with Crippen LogP contribution in [0.25, 0.3) is 0 Å². The SMILES string of the molecule is CCC(C)CCCCCCCCCCCCCCCCCCCCC(=O)OC[C@H](COP(=O)(O)OC[C@@H](O)COP(=O)(O)OC[C@@H](COC(=O)CCCCCCCCC(C)CC)OC(=O)CCCCCCCCCCCC(C)C)OC(=O)CCCCCCCCCCCCCCCCC(C)CC. The zero-order valence-electron chi connectivity index (χ0n) is 67.2. The first kappa shape index (κ1) is 100. The fourth-order valence-electron chi connectivity index (χ4n) is 12.7. The maximum absolute atomic E-state index is 13.1. The molecule has 0 rings (SSSR count). The van der Waals surface area contributed by atoms with Crippen LogP contribution in [0, 0.1) is 23.7 Å². The van der Waals surface area contributed by atoms with Crippen molar-refractivity contribution >= 4 is 39.5 Å². The quantitative estimate of drug-likeness (QED) is 0.0222. The van der Waals surface area contributed by atoms with Crippen molar-refractivity contribution in [1.29, 1.82) is 0 Å². The molecule has 0 amide bonds. The summed E-state index contributed by atoms with van der Waals surface area (Å²) in [5.41, 5.74) is 0. The number of phosphoric acid groups is 2. The normalized spacial score (nSPS) is 14.8. The summed E-state index contributed by atoms with van der Waals surface area (Å²) >= 11 is 0. The number of phosphoric ester groups is 2. The molecule has 17 nitrogen and oxygen atoms in total. The van der Waals surface area contributed by atoms with Crippen LogP contribution in [0.1, 0.15) is 428 Å². The van der Waals surface area contributed by atoms with E-state index in [1.807, 2.05) is 0 Å². The lowest BCUT2D eigenvalue weighted by atomic mass is 9.99. The number of carbonyl (C=O) groups excluding carboxylic acids is 4. The molecule has 0 saturated carbocycles. The predicted octanol–water partition coefficient (Wildman–Crippen LogP) is 24.8. The Morgan fingerprint density at radius 2 is 0.471 bits per heavy atom. The Balaban J connectivity index is 5.21. The maximum atomic E-state index is 13.1. The number of unbranched alkanes of at least 4 members (excludes halogenated alkanes) is 43. The van der Waals surface area contributed by atoms with Crippen molar-refractivity contribution in [3.05, 3.63) is 0 Å². The lowest BCUT2D eigenvalue weighted by Gasteiger charge is -2.21. The third-order valence-electron chi connectivity index (χ3n) is 20.4. The second-order valence-electron chi connectivity index (χ2n) is 31.1. The van der Waals surface area contributed by atoms with Crippen LogP contribution in [0.5, 0.6) is 0 Å². The maximum Gasteiger partial charge on any atom is 0.472 e. The Kier molecular flexibility index (Phi) is 70.6. The molecule has 0 aromatic heterocycles. The molecule has 0 heterocycles. The van der Waals surface area contributed by atoms with Gasteiger partial charge in [0.15, 0.2) is 12.2 Å². The van der Waals surface area contributed by atoms with E-state index in [9.17, 15) is 43.2 Å². The molecular weight excluding hydrogens is 1330 g/mol. The van der Waals surface area contributed by atoms with E-state index in [4.69, 9.17) is 37.0 Å². The minimum Gasteiger partial charge on any atom is -0.462 e. The van der Waals surface area contributed by atoms with Crippen molar-refractivity contribution in [1.82, 2.24) is 0 Å². The summed E-state index contributed by atoms with van der Waals surface area (Å²) in [6.07, 6.45) is 59.7. The first-order chi connectivity index (χ1) is 49.2. The molecule has 0 radical (unpaired) electrons. The van der Waals surface area contributed by atoms with Gasteiger partial charge >= 0.3 is 39.5 Å². The molecule has 0 spiro atoms. The molecule has 102 heavy (non-hydrogen) atoms. The van der Waals surface area contributed by atoms with Crippen molar-refractivity contribution in [3.63, 3.8) is 0 Å². The van der Waals surface area contributed by atoms with E-state index < -0.39 is 97.5 Å². The summed E-state index contributed by atoms with van der Waals surface area (Å²) in [6.45, 7) is 14.3. The average Bonchev–Trinajstić information content (AvgIpc) is 1.99. The fourth-order valence-corrected chi connectivity index (χ4v) is 14.3. The van der Waals surface area contributed by atoms with E-state index in [0.29, 0.717) is 25.7 Å². The van der Waals surface area contributed by atoms with Gasteiger partial charge in [0.05, 0.1) is 26.4 Å². The van der Waals surface area contributed by atoms with Crippen molar-refractivity contribution in [2.75, 3.05) is 39.6 Å². The number of ether oxygens (including phenoxy) is 4. The molecule has 3 N–H and O–H groups in total. The fraction of sp³-hybridized carbons (Fsp3) is 0.952. The van der Waals surface area contributed by atoms with Crippen molar-refractivity contribution in [2.24, 2.45) is 23.7 Å². The molecule has 19 heteroatoms. The summed E-state index contributed by atoms with van der Waals surface area (Å²) in [4.78, 5) is 73.0. The lowest BCUT2D eigenvalue weighted by Crippen LogP contribution is -2.30. The topological polar surface area (TPSA) is 237 Å². The van der Waals surface area contributed by atoms with Gasteiger partial charge in [0, 0.05) is 25.7 Å². The van der Waals surface area contributed by atoms with E-state index in [1.54, 1.807) is 0 Å². The van der Waals surface area contributed by atoms with Crippen molar-refractivity contribution < 1.29 is 80.2 Å². The Morgan fingerprint density at radius 3 is 0.696 bits per heavy atom. The van der Waals surface area contributed by atoms with Gasteiger partial charge in [-0.2, -0.15) is 0 Å². The second kappa shape index (κ2) is 72.0. The summed E-state index contributed by atoms with van der Waals surface area (Å²) in [5.74, 6) is 1.07. The van der Waals surface area contributed by atoms with Crippen molar-refractivity contribution in [3.8, 4) is 0 Å². The van der Waals surface area contributed by atoms with Gasteiger partial charge in [-0.15, -0.1) is 0 Å². The molecule has 0 fully saturated rings. The highest BCUT2D eigenvalue weighted by Crippen LogP contribution is 2.45. The largest absolute Gasteiger partial charge is 0.472 e. The molecule has 8 atom stereocenters. The van der Waals surface area contributed by atoms with E-state index in [0.717, 1.165) is 120 Å². The smallest absolute Gasteiger partial charge is 0.462 e. The Hall–Kier alpha value is -1.94. The third kappa shape index (κ3) is 72.3. The Bertz CT molecular complexity index is 1990. The lowest BCUT2D eigenvalue weighted by molar-refractivity contribution is -0.161. The third-order valence-corrected chi connectivity index (χ3v) is 22.3. The minimum atomic E-state index is -4.96. The van der Waals surface area contributed by atoms with Crippen LogP contribution in [-0.4, -0.2) is 96.7 Å². The molecule has 0 aliphatic rings. The molecule has 0 aromatic carbocycles. The number of aliphatic hydroxyl groups is 1. The number of carbonyl (C=O) groups is 4. The van der Waals surface area contributed by atoms with Gasteiger partial charge in [-0.05, 0) is 49.4 Å². The molecule has 0 bridgehead atoms. The average molecular weight is 1490 g/mol. The van der Waals surface area contributed by atoms with E-state index in [-0.39, 0.29) is 25.7 Å². The molecule has 0 aliphatic carbocycles. The summed E-state index contributed by atoms with van der Waals surface area (Å²) < 4.78 is 68.7. The summed E-state index contributed by atoms with van der Waals surface area (Å²) in [7, 11) is -9.92. The van der Waals surface area contributed by atoms with Crippen LogP contribution < -0.4 is 0 Å². The Labute approximate surface area is 626 Å².